The maximum absolute atomic E-state index is 12.5. The number of fused-ring (bicyclic) bond motifs is 2. The Kier molecular flexibility index (Phi) is 5.81. The first-order valence-electron chi connectivity index (χ1n) is 10.1. The second-order valence-corrected chi connectivity index (χ2v) is 7.71. The molecule has 8 heteroatoms. The van der Waals surface area contributed by atoms with Crippen LogP contribution in [0.2, 0.25) is 0 Å². The summed E-state index contributed by atoms with van der Waals surface area (Å²) in [5, 5.41) is 6.50. The van der Waals surface area contributed by atoms with Gasteiger partial charge in [-0.1, -0.05) is 18.2 Å². The van der Waals surface area contributed by atoms with E-state index in [1.165, 1.54) is 0 Å². The first-order valence-corrected chi connectivity index (χ1v) is 10.1. The average Bonchev–Trinajstić information content (AvgIpc) is 3.10. The van der Waals surface area contributed by atoms with Gasteiger partial charge < -0.3 is 29.6 Å². The molecule has 2 amide bonds. The molecule has 2 aromatic carbocycles. The Labute approximate surface area is 180 Å². The number of amides is 2. The van der Waals surface area contributed by atoms with Gasteiger partial charge in [0.15, 0.2) is 11.5 Å². The molecule has 1 aromatic heterocycles. The van der Waals surface area contributed by atoms with Gasteiger partial charge in [0, 0.05) is 42.4 Å². The van der Waals surface area contributed by atoms with Crippen molar-refractivity contribution >= 4 is 28.4 Å². The number of rotatable bonds is 5. The fourth-order valence-corrected chi connectivity index (χ4v) is 3.79. The number of aryl methyl sites for hydroxylation is 1. The minimum absolute atomic E-state index is 0.0860. The number of para-hydroxylation sites is 1. The van der Waals surface area contributed by atoms with Gasteiger partial charge in [0.25, 0.3) is 0 Å². The molecule has 0 radical (unpaired) electrons. The van der Waals surface area contributed by atoms with Crippen LogP contribution in [0.25, 0.3) is 10.9 Å². The summed E-state index contributed by atoms with van der Waals surface area (Å²) in [6, 6.07) is 13.1. The molecule has 0 fully saturated rings. The number of hydrogen-bond donors (Lipinski definition) is 2. The zero-order valence-corrected chi connectivity index (χ0v) is 17.8. The monoisotopic (exact) mass is 422 g/mol. The number of hydrogen-bond acceptors (Lipinski definition) is 5. The van der Waals surface area contributed by atoms with E-state index in [0.717, 1.165) is 16.5 Å². The molecule has 0 aliphatic carbocycles. The van der Waals surface area contributed by atoms with E-state index in [2.05, 4.69) is 33.5 Å². The van der Waals surface area contributed by atoms with Gasteiger partial charge in [-0.05, 0) is 37.9 Å². The molecule has 1 atom stereocenters. The van der Waals surface area contributed by atoms with Crippen molar-refractivity contribution in [3.63, 3.8) is 0 Å². The Hall–Kier alpha value is -3.52. The molecule has 2 heterocycles. The maximum Gasteiger partial charge on any atom is 0.313 e. The summed E-state index contributed by atoms with van der Waals surface area (Å²) >= 11 is 0. The van der Waals surface area contributed by atoms with Crippen LogP contribution in [0, 0.1) is 0 Å². The van der Waals surface area contributed by atoms with Gasteiger partial charge in [0.1, 0.15) is 13.2 Å². The molecule has 8 nitrogen and oxygen atoms in total. The van der Waals surface area contributed by atoms with Crippen molar-refractivity contribution < 1.29 is 19.1 Å². The van der Waals surface area contributed by atoms with Crippen LogP contribution in [0.3, 0.4) is 0 Å². The predicted octanol–water partition coefficient (Wildman–Crippen LogP) is 2.31. The number of ether oxygens (including phenoxy) is 2. The molecule has 2 N–H and O–H groups in total. The van der Waals surface area contributed by atoms with Crippen molar-refractivity contribution in [2.45, 2.75) is 6.04 Å². The van der Waals surface area contributed by atoms with Gasteiger partial charge in [-0.15, -0.1) is 0 Å². The van der Waals surface area contributed by atoms with Crippen molar-refractivity contribution in [2.24, 2.45) is 7.05 Å². The van der Waals surface area contributed by atoms with Crippen LogP contribution in [0.15, 0.2) is 48.7 Å². The number of nitrogens with one attached hydrogen (secondary N) is 2. The number of carbonyl (C=O) groups excluding carboxylic acids is 2. The van der Waals surface area contributed by atoms with E-state index in [9.17, 15) is 9.59 Å². The number of anilines is 1. The summed E-state index contributed by atoms with van der Waals surface area (Å²) in [7, 11) is 5.90. The fourth-order valence-electron chi connectivity index (χ4n) is 3.79. The van der Waals surface area contributed by atoms with Crippen molar-refractivity contribution in [1.29, 1.82) is 0 Å². The standard InChI is InChI=1S/C23H26N4O4/c1-26(2)19(17-14-27(3)18-7-5-4-6-16(17)18)13-24-22(28)23(29)25-15-8-9-20-21(12-15)31-11-10-30-20/h4-9,12,14,19H,10-11,13H2,1-3H3,(H,24,28)(H,25,29). The first-order chi connectivity index (χ1) is 14.9. The highest BCUT2D eigenvalue weighted by molar-refractivity contribution is 6.39. The molecule has 0 bridgehead atoms. The highest BCUT2D eigenvalue weighted by Gasteiger charge is 2.22. The lowest BCUT2D eigenvalue weighted by molar-refractivity contribution is -0.136. The van der Waals surface area contributed by atoms with Gasteiger partial charge in [-0.2, -0.15) is 0 Å². The molecule has 3 aromatic rings. The van der Waals surface area contributed by atoms with E-state index in [1.54, 1.807) is 18.2 Å². The molecule has 0 spiro atoms. The van der Waals surface area contributed by atoms with Crippen molar-refractivity contribution in [3.8, 4) is 11.5 Å². The molecule has 1 aliphatic rings. The zero-order chi connectivity index (χ0) is 22.0. The van der Waals surface area contributed by atoms with Gasteiger partial charge >= 0.3 is 11.8 Å². The van der Waals surface area contributed by atoms with E-state index in [0.29, 0.717) is 36.9 Å². The Morgan fingerprint density at radius 2 is 1.81 bits per heavy atom. The molecule has 1 unspecified atom stereocenters. The van der Waals surface area contributed by atoms with Gasteiger partial charge in [-0.3, -0.25) is 9.59 Å². The second-order valence-electron chi connectivity index (χ2n) is 7.71. The van der Waals surface area contributed by atoms with Crippen LogP contribution >= 0.6 is 0 Å². The summed E-state index contributed by atoms with van der Waals surface area (Å²) in [5.74, 6) is -0.250. The van der Waals surface area contributed by atoms with Crippen LogP contribution in [-0.4, -0.2) is 55.1 Å². The summed E-state index contributed by atoms with van der Waals surface area (Å²) in [5.41, 5.74) is 2.69. The third-order valence-electron chi connectivity index (χ3n) is 5.37. The van der Waals surface area contributed by atoms with E-state index in [-0.39, 0.29) is 6.04 Å². The largest absolute Gasteiger partial charge is 0.486 e. The number of carbonyl (C=O) groups is 2. The van der Waals surface area contributed by atoms with Crippen LogP contribution in [0.4, 0.5) is 5.69 Å². The maximum atomic E-state index is 12.5. The van der Waals surface area contributed by atoms with E-state index >= 15 is 0 Å². The number of likely N-dealkylation sites (N-methyl/N-ethyl adjacent to an activating group) is 1. The van der Waals surface area contributed by atoms with Gasteiger partial charge in [0.2, 0.25) is 0 Å². The van der Waals surface area contributed by atoms with Gasteiger partial charge in [-0.25, -0.2) is 0 Å². The summed E-state index contributed by atoms with van der Waals surface area (Å²) in [6.07, 6.45) is 2.07. The SMILES string of the molecule is CN(C)C(CNC(=O)C(=O)Nc1ccc2c(c1)OCCO2)c1cn(C)c2ccccc12. The van der Waals surface area contributed by atoms with Crippen molar-refractivity contribution in [3.05, 3.63) is 54.2 Å². The van der Waals surface area contributed by atoms with Crippen LogP contribution in [-0.2, 0) is 16.6 Å². The Morgan fingerprint density at radius 1 is 1.06 bits per heavy atom. The summed E-state index contributed by atoms with van der Waals surface area (Å²) < 4.78 is 13.0. The lowest BCUT2D eigenvalue weighted by Crippen LogP contribution is -2.40. The zero-order valence-electron chi connectivity index (χ0n) is 17.8. The number of benzene rings is 2. The van der Waals surface area contributed by atoms with Gasteiger partial charge in [0.05, 0.1) is 6.04 Å². The molecule has 162 valence electrons. The fraction of sp³-hybridized carbons (Fsp3) is 0.304. The smallest absolute Gasteiger partial charge is 0.313 e. The number of aromatic nitrogens is 1. The summed E-state index contributed by atoms with van der Waals surface area (Å²) in [6.45, 7) is 1.24. The highest BCUT2D eigenvalue weighted by Crippen LogP contribution is 2.32. The van der Waals surface area contributed by atoms with Crippen molar-refractivity contribution in [2.75, 3.05) is 39.2 Å². The highest BCUT2D eigenvalue weighted by atomic mass is 16.6. The van der Waals surface area contributed by atoms with E-state index < -0.39 is 11.8 Å². The van der Waals surface area contributed by atoms with Crippen LogP contribution in [0.5, 0.6) is 11.5 Å². The molecular formula is C23H26N4O4. The Morgan fingerprint density at radius 3 is 2.58 bits per heavy atom. The lowest BCUT2D eigenvalue weighted by atomic mass is 10.0. The molecule has 0 saturated carbocycles. The Bertz CT molecular complexity index is 1120. The second kappa shape index (κ2) is 8.69. The quantitative estimate of drug-likeness (QED) is 0.617. The number of nitrogens with zero attached hydrogens (tertiary/aromatic N) is 2. The normalized spacial score (nSPS) is 13.8. The van der Waals surface area contributed by atoms with Crippen LogP contribution in [0.1, 0.15) is 11.6 Å². The topological polar surface area (TPSA) is 84.8 Å². The van der Waals surface area contributed by atoms with E-state index in [1.807, 2.05) is 38.2 Å². The minimum Gasteiger partial charge on any atom is -0.486 e. The Balaban J connectivity index is 1.43. The molecular weight excluding hydrogens is 396 g/mol. The molecule has 4 rings (SSSR count). The molecule has 0 saturated heterocycles. The first kappa shape index (κ1) is 20.7. The third-order valence-corrected chi connectivity index (χ3v) is 5.37. The molecule has 1 aliphatic heterocycles. The molecule has 31 heavy (non-hydrogen) atoms. The van der Waals surface area contributed by atoms with Crippen LogP contribution < -0.4 is 20.1 Å². The minimum atomic E-state index is -0.730. The summed E-state index contributed by atoms with van der Waals surface area (Å²) in [4.78, 5) is 26.9. The lowest BCUT2D eigenvalue weighted by Gasteiger charge is -2.24. The van der Waals surface area contributed by atoms with Crippen molar-refractivity contribution in [1.82, 2.24) is 14.8 Å². The van der Waals surface area contributed by atoms with E-state index in [4.69, 9.17) is 9.47 Å². The average molecular weight is 422 g/mol. The third kappa shape index (κ3) is 4.34. The predicted molar refractivity (Wildman–Crippen MR) is 118 cm³/mol.